The molecule has 0 aliphatic rings. The van der Waals surface area contributed by atoms with Crippen molar-refractivity contribution in [2.45, 2.75) is 51.4 Å². The molecule has 1 nitrogen and oxygen atoms in total. The summed E-state index contributed by atoms with van der Waals surface area (Å²) >= 11 is 1.17. The van der Waals surface area contributed by atoms with Gasteiger partial charge < -0.3 is 0 Å². The molecule has 0 saturated carbocycles. The second kappa shape index (κ2) is 7.92. The van der Waals surface area contributed by atoms with Gasteiger partial charge in [0.15, 0.2) is 5.12 Å². The molecule has 0 fully saturated rings. The van der Waals surface area contributed by atoms with Gasteiger partial charge in [0.2, 0.25) is 0 Å². The molecule has 0 aromatic heterocycles. The van der Waals surface area contributed by atoms with Gasteiger partial charge in [0.25, 0.3) is 0 Å². The fourth-order valence-electron chi connectivity index (χ4n) is 1.04. The molecule has 0 N–H and O–H groups in total. The Labute approximate surface area is 97.0 Å². The Morgan fingerprint density at radius 1 is 1.25 bits per heavy atom. The summed E-state index contributed by atoms with van der Waals surface area (Å²) in [5.74, 6) is -3.29. The summed E-state index contributed by atoms with van der Waals surface area (Å²) in [6.45, 7) is 1.75. The minimum Gasteiger partial charge on any atom is -0.287 e. The monoisotopic (exact) mass is 260 g/mol. The molecule has 0 aliphatic carbocycles. The van der Waals surface area contributed by atoms with Gasteiger partial charge in [-0.1, -0.05) is 25.1 Å². The summed E-state index contributed by atoms with van der Waals surface area (Å²) in [6, 6.07) is 0. The molecule has 96 valence electrons. The first-order valence-corrected chi connectivity index (χ1v) is 6.20. The first kappa shape index (κ1) is 15.7. The van der Waals surface area contributed by atoms with E-state index in [2.05, 4.69) is 0 Å². The van der Waals surface area contributed by atoms with Crippen LogP contribution in [0.5, 0.6) is 0 Å². The molecule has 0 radical (unpaired) electrons. The first-order chi connectivity index (χ1) is 7.40. The molecule has 0 spiro atoms. The van der Waals surface area contributed by atoms with Crippen molar-refractivity contribution in [2.24, 2.45) is 0 Å². The van der Waals surface area contributed by atoms with Gasteiger partial charge in [-0.2, -0.15) is 0 Å². The second-order valence-electron chi connectivity index (χ2n) is 3.45. The molecule has 6 heteroatoms. The van der Waals surface area contributed by atoms with E-state index >= 15 is 0 Å². The predicted molar refractivity (Wildman–Crippen MR) is 57.2 cm³/mol. The minimum atomic E-state index is -3.87. The fourth-order valence-corrected chi connectivity index (χ4v) is 1.82. The number of hydrogen-bond donors (Lipinski definition) is 0. The van der Waals surface area contributed by atoms with Crippen LogP contribution in [0.25, 0.3) is 0 Å². The highest BCUT2D eigenvalue weighted by Gasteiger charge is 2.39. The summed E-state index contributed by atoms with van der Waals surface area (Å²) in [5, 5.41) is 0.0675. The Morgan fingerprint density at radius 3 is 2.38 bits per heavy atom. The topological polar surface area (TPSA) is 17.1 Å². The summed E-state index contributed by atoms with van der Waals surface area (Å²) in [6.07, 6.45) is -2.78. The third kappa shape index (κ3) is 7.09. The molecule has 0 aromatic carbocycles. The summed E-state index contributed by atoms with van der Waals surface area (Å²) in [4.78, 5) is 10.8. The average Bonchev–Trinajstić information content (AvgIpc) is 2.22. The molecule has 16 heavy (non-hydrogen) atoms. The van der Waals surface area contributed by atoms with Crippen molar-refractivity contribution in [2.75, 3.05) is 5.75 Å². The Hall–Kier alpha value is -0.260. The van der Waals surface area contributed by atoms with Crippen molar-refractivity contribution in [3.8, 4) is 0 Å². The van der Waals surface area contributed by atoms with Crippen LogP contribution in [0.3, 0.4) is 0 Å². The van der Waals surface area contributed by atoms with E-state index < -0.39 is 18.8 Å². The zero-order valence-electron chi connectivity index (χ0n) is 9.15. The van der Waals surface area contributed by atoms with Gasteiger partial charge in [0.05, 0.1) is 0 Å². The van der Waals surface area contributed by atoms with Crippen LogP contribution in [0.15, 0.2) is 0 Å². The fraction of sp³-hybridized carbons (Fsp3) is 0.900. The van der Waals surface area contributed by atoms with Crippen molar-refractivity contribution in [1.29, 1.82) is 0 Å². The SMILES string of the molecule is CCC(=O)SCCCCCC(F)(F)C(F)F. The molecular formula is C10H16F4OS. The molecule has 0 bridgehead atoms. The number of rotatable bonds is 8. The van der Waals surface area contributed by atoms with Gasteiger partial charge in [0.1, 0.15) is 0 Å². The molecule has 0 amide bonds. The number of alkyl halides is 4. The predicted octanol–water partition coefficient (Wildman–Crippen LogP) is 4.12. The van der Waals surface area contributed by atoms with E-state index in [1.165, 1.54) is 11.8 Å². The third-order valence-corrected chi connectivity index (χ3v) is 3.13. The maximum atomic E-state index is 12.4. The Balaban J connectivity index is 3.44. The Kier molecular flexibility index (Phi) is 7.80. The highest BCUT2D eigenvalue weighted by molar-refractivity contribution is 8.13. The first-order valence-electron chi connectivity index (χ1n) is 5.21. The average molecular weight is 260 g/mol. The summed E-state index contributed by atoms with van der Waals surface area (Å²) in [7, 11) is 0. The number of unbranched alkanes of at least 4 members (excludes halogenated alkanes) is 2. The zero-order chi connectivity index (χ0) is 12.6. The van der Waals surface area contributed by atoms with Crippen LogP contribution in [-0.2, 0) is 4.79 Å². The van der Waals surface area contributed by atoms with E-state index in [9.17, 15) is 22.4 Å². The van der Waals surface area contributed by atoms with Crippen LogP contribution >= 0.6 is 11.8 Å². The van der Waals surface area contributed by atoms with E-state index in [1.807, 2.05) is 0 Å². The molecule has 0 unspecified atom stereocenters. The molecule has 0 atom stereocenters. The zero-order valence-corrected chi connectivity index (χ0v) is 9.96. The number of carbonyl (C=O) groups excluding carboxylic acids is 1. The molecular weight excluding hydrogens is 244 g/mol. The van der Waals surface area contributed by atoms with Crippen LogP contribution in [0.4, 0.5) is 17.6 Å². The highest BCUT2D eigenvalue weighted by Crippen LogP contribution is 2.28. The van der Waals surface area contributed by atoms with Crippen LogP contribution in [0, 0.1) is 0 Å². The van der Waals surface area contributed by atoms with Gasteiger partial charge in [-0.15, -0.1) is 0 Å². The lowest BCUT2D eigenvalue weighted by atomic mass is 10.1. The van der Waals surface area contributed by atoms with Gasteiger partial charge in [-0.05, 0) is 12.8 Å². The molecule has 0 aliphatic heterocycles. The molecule has 0 heterocycles. The highest BCUT2D eigenvalue weighted by atomic mass is 32.2. The standard InChI is InChI=1S/C10H16F4OS/c1-2-8(15)16-7-5-3-4-6-10(13,14)9(11)12/h9H,2-7H2,1H3. The van der Waals surface area contributed by atoms with Crippen molar-refractivity contribution in [3.63, 3.8) is 0 Å². The number of thioether (sulfide) groups is 1. The van der Waals surface area contributed by atoms with E-state index in [-0.39, 0.29) is 11.5 Å². The maximum absolute atomic E-state index is 12.4. The van der Waals surface area contributed by atoms with Crippen LogP contribution in [0.1, 0.15) is 39.0 Å². The van der Waals surface area contributed by atoms with Gasteiger partial charge in [0, 0.05) is 18.6 Å². The minimum absolute atomic E-state index is 0.0675. The van der Waals surface area contributed by atoms with Gasteiger partial charge in [-0.25, -0.2) is 17.6 Å². The molecule has 0 rings (SSSR count). The number of hydrogen-bond acceptors (Lipinski definition) is 2. The Bertz CT molecular complexity index is 209. The molecule has 0 saturated heterocycles. The van der Waals surface area contributed by atoms with E-state index in [4.69, 9.17) is 0 Å². The normalized spacial score (nSPS) is 12.1. The van der Waals surface area contributed by atoms with Crippen LogP contribution in [-0.4, -0.2) is 23.2 Å². The maximum Gasteiger partial charge on any atom is 0.307 e. The lowest BCUT2D eigenvalue weighted by molar-refractivity contribution is -0.133. The number of carbonyl (C=O) groups is 1. The smallest absolute Gasteiger partial charge is 0.287 e. The van der Waals surface area contributed by atoms with Crippen LogP contribution < -0.4 is 0 Å². The Morgan fingerprint density at radius 2 is 1.88 bits per heavy atom. The van der Waals surface area contributed by atoms with E-state index in [0.717, 1.165) is 0 Å². The van der Waals surface area contributed by atoms with E-state index in [1.54, 1.807) is 6.92 Å². The van der Waals surface area contributed by atoms with Crippen molar-refractivity contribution in [1.82, 2.24) is 0 Å². The largest absolute Gasteiger partial charge is 0.307 e. The summed E-state index contributed by atoms with van der Waals surface area (Å²) in [5.41, 5.74) is 0. The lowest BCUT2D eigenvalue weighted by Gasteiger charge is -2.14. The van der Waals surface area contributed by atoms with Crippen LogP contribution in [0.2, 0.25) is 0 Å². The molecule has 0 aromatic rings. The lowest BCUT2D eigenvalue weighted by Crippen LogP contribution is -2.26. The van der Waals surface area contributed by atoms with Crippen molar-refractivity contribution >= 4 is 16.9 Å². The third-order valence-electron chi connectivity index (χ3n) is 2.03. The van der Waals surface area contributed by atoms with Crippen molar-refractivity contribution < 1.29 is 22.4 Å². The summed E-state index contributed by atoms with van der Waals surface area (Å²) < 4.78 is 48.3. The second-order valence-corrected chi connectivity index (χ2v) is 4.60. The van der Waals surface area contributed by atoms with Crippen molar-refractivity contribution in [3.05, 3.63) is 0 Å². The van der Waals surface area contributed by atoms with Gasteiger partial charge >= 0.3 is 12.3 Å². The van der Waals surface area contributed by atoms with E-state index in [0.29, 0.717) is 25.0 Å². The van der Waals surface area contributed by atoms with Gasteiger partial charge in [-0.3, -0.25) is 4.79 Å². The number of halogens is 4. The quantitative estimate of drug-likeness (QED) is 0.482.